The number of hydrogen-bond acceptors (Lipinski definition) is 3. The number of hydrazone groups is 1. The van der Waals surface area contributed by atoms with Crippen LogP contribution in [0, 0.1) is 0 Å². The minimum absolute atomic E-state index is 0.580. The topological polar surface area (TPSA) is 33.6 Å². The molecule has 2 rings (SSSR count). The predicted molar refractivity (Wildman–Crippen MR) is 53.5 cm³/mol. The largest absolute Gasteiger partial charge is 0.480 e. The van der Waals surface area contributed by atoms with Crippen LogP contribution < -0.4 is 5.43 Å². The molecule has 0 aliphatic carbocycles. The molecule has 0 atom stereocenters. The molecule has 3 nitrogen and oxygen atoms in total. The molecule has 0 saturated carbocycles. The van der Waals surface area contributed by atoms with Crippen molar-refractivity contribution in [2.24, 2.45) is 5.10 Å². The molecule has 0 amide bonds. The van der Waals surface area contributed by atoms with E-state index in [-0.39, 0.29) is 0 Å². The highest BCUT2D eigenvalue weighted by Crippen LogP contribution is 2.18. The normalized spacial score (nSPS) is 13.8. The van der Waals surface area contributed by atoms with Crippen molar-refractivity contribution in [3.63, 3.8) is 0 Å². The van der Waals surface area contributed by atoms with Crippen LogP contribution in [0.4, 0.5) is 5.69 Å². The van der Waals surface area contributed by atoms with Crippen molar-refractivity contribution >= 4 is 17.7 Å². The molecule has 3 heteroatoms. The van der Waals surface area contributed by atoms with Gasteiger partial charge in [0, 0.05) is 6.08 Å². The molecule has 1 aliphatic rings. The fourth-order valence-electron chi connectivity index (χ4n) is 1.17. The van der Waals surface area contributed by atoms with Crippen molar-refractivity contribution in [1.29, 1.82) is 0 Å². The van der Waals surface area contributed by atoms with E-state index in [9.17, 15) is 0 Å². The van der Waals surface area contributed by atoms with Crippen LogP contribution in [0.3, 0.4) is 0 Å². The van der Waals surface area contributed by atoms with E-state index < -0.39 is 0 Å². The van der Waals surface area contributed by atoms with E-state index in [2.05, 4.69) is 10.5 Å². The quantitative estimate of drug-likeness (QED) is 0.653. The Hall–Kier alpha value is -1.77. The molecule has 0 fully saturated rings. The zero-order valence-corrected chi connectivity index (χ0v) is 7.32. The van der Waals surface area contributed by atoms with E-state index in [1.54, 1.807) is 7.11 Å². The molecule has 0 spiro atoms. The molecule has 1 aliphatic heterocycles. The number of anilines is 1. The van der Waals surface area contributed by atoms with Crippen LogP contribution in [0.25, 0.3) is 6.08 Å². The van der Waals surface area contributed by atoms with Crippen LogP contribution in [0.5, 0.6) is 0 Å². The fourth-order valence-corrected chi connectivity index (χ4v) is 1.17. The second-order valence-electron chi connectivity index (χ2n) is 2.69. The minimum atomic E-state index is 0.580. The lowest BCUT2D eigenvalue weighted by molar-refractivity contribution is 0.406. The number of rotatable bonds is 0. The molecule has 1 aromatic carbocycles. The van der Waals surface area contributed by atoms with E-state index in [0.717, 1.165) is 11.3 Å². The van der Waals surface area contributed by atoms with Crippen molar-refractivity contribution < 1.29 is 4.74 Å². The summed E-state index contributed by atoms with van der Waals surface area (Å²) in [6.45, 7) is 0. The van der Waals surface area contributed by atoms with Gasteiger partial charge >= 0.3 is 0 Å². The summed E-state index contributed by atoms with van der Waals surface area (Å²) < 4.78 is 5.00. The summed E-state index contributed by atoms with van der Waals surface area (Å²) >= 11 is 0. The first-order chi connectivity index (χ1) is 6.40. The Balaban J connectivity index is 2.39. The number of fused-ring (bicyclic) bond motifs is 1. The molecule has 1 aromatic rings. The predicted octanol–water partition coefficient (Wildman–Crippen LogP) is 2.09. The minimum Gasteiger partial charge on any atom is -0.480 e. The Morgan fingerprint density at radius 2 is 2.08 bits per heavy atom. The lowest BCUT2D eigenvalue weighted by atomic mass is 10.2. The van der Waals surface area contributed by atoms with Crippen molar-refractivity contribution in [1.82, 2.24) is 0 Å². The Morgan fingerprint density at radius 3 is 2.92 bits per heavy atom. The van der Waals surface area contributed by atoms with Gasteiger partial charge in [-0.05, 0) is 17.7 Å². The summed E-state index contributed by atoms with van der Waals surface area (Å²) in [5, 5.41) is 4.04. The van der Waals surface area contributed by atoms with E-state index in [1.165, 1.54) is 0 Å². The summed E-state index contributed by atoms with van der Waals surface area (Å²) in [4.78, 5) is 0. The lowest BCUT2D eigenvalue weighted by Gasteiger charge is -2.01. The van der Waals surface area contributed by atoms with Gasteiger partial charge in [0.1, 0.15) is 0 Å². The third-order valence-corrected chi connectivity index (χ3v) is 1.86. The summed E-state index contributed by atoms with van der Waals surface area (Å²) in [6, 6.07) is 7.95. The first-order valence-electron chi connectivity index (χ1n) is 4.05. The number of hydrogen-bond donors (Lipinski definition) is 1. The second-order valence-corrected chi connectivity index (χ2v) is 2.69. The fraction of sp³-hybridized carbons (Fsp3) is 0.100. The van der Waals surface area contributed by atoms with Crippen LogP contribution in [-0.4, -0.2) is 13.0 Å². The van der Waals surface area contributed by atoms with Crippen LogP contribution in [0.2, 0.25) is 0 Å². The Morgan fingerprint density at radius 1 is 1.23 bits per heavy atom. The molecule has 0 radical (unpaired) electrons. The third kappa shape index (κ3) is 1.54. The molecule has 13 heavy (non-hydrogen) atoms. The van der Waals surface area contributed by atoms with Gasteiger partial charge in [0.15, 0.2) is 0 Å². The average Bonchev–Trinajstić information content (AvgIpc) is 2.39. The molecular formula is C10H10N2O. The summed E-state index contributed by atoms with van der Waals surface area (Å²) in [7, 11) is 1.60. The summed E-state index contributed by atoms with van der Waals surface area (Å²) in [5.74, 6) is 0.580. The van der Waals surface area contributed by atoms with Gasteiger partial charge in [-0.2, -0.15) is 0 Å². The van der Waals surface area contributed by atoms with Gasteiger partial charge in [-0.25, -0.2) is 0 Å². The van der Waals surface area contributed by atoms with Gasteiger partial charge in [0.2, 0.25) is 5.90 Å². The highest BCUT2D eigenvalue weighted by molar-refractivity contribution is 5.94. The summed E-state index contributed by atoms with van der Waals surface area (Å²) in [6.07, 6.45) is 3.80. The molecule has 0 saturated heterocycles. The van der Waals surface area contributed by atoms with E-state index in [1.807, 2.05) is 36.4 Å². The van der Waals surface area contributed by atoms with Gasteiger partial charge in [-0.15, -0.1) is 5.10 Å². The molecule has 1 heterocycles. The summed E-state index contributed by atoms with van der Waals surface area (Å²) in [5.41, 5.74) is 5.03. The maximum absolute atomic E-state index is 5.00. The van der Waals surface area contributed by atoms with Crippen molar-refractivity contribution in [2.75, 3.05) is 12.5 Å². The molecule has 0 aromatic heterocycles. The maximum atomic E-state index is 5.00. The van der Waals surface area contributed by atoms with E-state index >= 15 is 0 Å². The zero-order valence-electron chi connectivity index (χ0n) is 7.32. The average molecular weight is 174 g/mol. The van der Waals surface area contributed by atoms with Gasteiger partial charge in [-0.3, -0.25) is 5.43 Å². The Kier molecular flexibility index (Phi) is 2.00. The van der Waals surface area contributed by atoms with Crippen LogP contribution in [0.1, 0.15) is 5.56 Å². The SMILES string of the molecule is COC1=NNc2ccccc2C=C1. The molecule has 0 unspecified atom stereocenters. The van der Waals surface area contributed by atoms with E-state index in [4.69, 9.17) is 4.74 Å². The number of para-hydroxylation sites is 1. The van der Waals surface area contributed by atoms with Crippen LogP contribution in [-0.2, 0) is 4.74 Å². The monoisotopic (exact) mass is 174 g/mol. The number of nitrogens with one attached hydrogen (secondary N) is 1. The Bertz CT molecular complexity index is 369. The van der Waals surface area contributed by atoms with Gasteiger partial charge < -0.3 is 4.74 Å². The van der Waals surface area contributed by atoms with Crippen LogP contribution in [0.15, 0.2) is 35.4 Å². The molecule has 66 valence electrons. The highest BCUT2D eigenvalue weighted by atomic mass is 16.5. The van der Waals surface area contributed by atoms with Gasteiger partial charge in [-0.1, -0.05) is 18.2 Å². The Labute approximate surface area is 76.7 Å². The smallest absolute Gasteiger partial charge is 0.230 e. The lowest BCUT2D eigenvalue weighted by Crippen LogP contribution is -1.98. The van der Waals surface area contributed by atoms with Gasteiger partial charge in [0.05, 0.1) is 12.8 Å². The van der Waals surface area contributed by atoms with Crippen molar-refractivity contribution in [3.8, 4) is 0 Å². The van der Waals surface area contributed by atoms with Crippen molar-refractivity contribution in [3.05, 3.63) is 35.9 Å². The number of ether oxygens (including phenoxy) is 1. The number of methoxy groups -OCH3 is 1. The van der Waals surface area contributed by atoms with Crippen molar-refractivity contribution in [2.45, 2.75) is 0 Å². The van der Waals surface area contributed by atoms with Gasteiger partial charge in [0.25, 0.3) is 0 Å². The number of nitrogens with zero attached hydrogens (tertiary/aromatic N) is 1. The highest BCUT2D eigenvalue weighted by Gasteiger charge is 2.02. The standard InChI is InChI=1S/C10H10N2O/c1-13-10-7-6-8-4-2-3-5-9(8)11-12-10/h2-7,11H,1H3. The van der Waals surface area contributed by atoms with Crippen LogP contribution >= 0.6 is 0 Å². The molecule has 0 bridgehead atoms. The van der Waals surface area contributed by atoms with E-state index in [0.29, 0.717) is 5.90 Å². The number of benzene rings is 1. The molecule has 1 N–H and O–H groups in total. The third-order valence-electron chi connectivity index (χ3n) is 1.86. The maximum Gasteiger partial charge on any atom is 0.230 e. The zero-order chi connectivity index (χ0) is 9.10. The first-order valence-corrected chi connectivity index (χ1v) is 4.05. The molecular weight excluding hydrogens is 164 g/mol. The first kappa shape index (κ1) is 7.86. The second kappa shape index (κ2) is 3.31.